The van der Waals surface area contributed by atoms with Crippen LogP contribution in [0.1, 0.15) is 64.2 Å². The van der Waals surface area contributed by atoms with E-state index >= 15 is 0 Å². The SMILES string of the molecule is CC(=O)CCCCO[C@@H]1OC(COC(=O)c2ccccc2)[C@H](OC(=O)c2ccccc2)[C@H](OC(=O)c2ccccc2)C1NC(C)=O. The fourth-order valence-electron chi connectivity index (χ4n) is 4.87. The Kier molecular flexibility index (Phi) is 12.6. The van der Waals surface area contributed by atoms with E-state index in [1.807, 2.05) is 0 Å². The van der Waals surface area contributed by atoms with Crippen molar-refractivity contribution in [2.75, 3.05) is 13.2 Å². The minimum atomic E-state index is -1.35. The van der Waals surface area contributed by atoms with E-state index in [1.54, 1.807) is 91.0 Å². The lowest BCUT2D eigenvalue weighted by molar-refractivity contribution is -0.269. The second kappa shape index (κ2) is 17.0. The molecule has 3 aromatic carbocycles. The molecular formula is C35H37NO10. The largest absolute Gasteiger partial charge is 0.459 e. The van der Waals surface area contributed by atoms with E-state index in [2.05, 4.69) is 5.32 Å². The first kappa shape index (κ1) is 34.0. The third kappa shape index (κ3) is 9.82. The van der Waals surface area contributed by atoms with Crippen LogP contribution in [0.15, 0.2) is 91.0 Å². The van der Waals surface area contributed by atoms with Crippen LogP contribution in [0, 0.1) is 0 Å². The van der Waals surface area contributed by atoms with E-state index < -0.39 is 61.1 Å². The van der Waals surface area contributed by atoms with Gasteiger partial charge >= 0.3 is 17.9 Å². The number of esters is 3. The average molecular weight is 632 g/mol. The maximum atomic E-state index is 13.4. The average Bonchev–Trinajstić information content (AvgIpc) is 3.06. The third-order valence-corrected chi connectivity index (χ3v) is 7.11. The lowest BCUT2D eigenvalue weighted by Crippen LogP contribution is -2.66. The molecule has 1 aliphatic rings. The van der Waals surface area contributed by atoms with Gasteiger partial charge in [0.05, 0.1) is 16.7 Å². The van der Waals surface area contributed by atoms with Crippen LogP contribution in [0.3, 0.4) is 0 Å². The summed E-state index contributed by atoms with van der Waals surface area (Å²) in [6.07, 6.45) is -3.63. The molecule has 1 saturated heterocycles. The zero-order valence-corrected chi connectivity index (χ0v) is 25.7. The number of hydrogen-bond acceptors (Lipinski definition) is 10. The summed E-state index contributed by atoms with van der Waals surface area (Å²) in [6, 6.07) is 23.5. The monoisotopic (exact) mass is 631 g/mol. The van der Waals surface area contributed by atoms with E-state index in [1.165, 1.54) is 13.8 Å². The van der Waals surface area contributed by atoms with Gasteiger partial charge in [-0.25, -0.2) is 14.4 Å². The summed E-state index contributed by atoms with van der Waals surface area (Å²) in [6.45, 7) is 2.51. The van der Waals surface area contributed by atoms with Gasteiger partial charge in [0, 0.05) is 20.0 Å². The fraction of sp³-hybridized carbons (Fsp3) is 0.343. The molecule has 1 aliphatic heterocycles. The Labute approximate surface area is 267 Å². The maximum absolute atomic E-state index is 13.4. The smallest absolute Gasteiger partial charge is 0.338 e. The van der Waals surface area contributed by atoms with Gasteiger partial charge in [0.2, 0.25) is 5.91 Å². The lowest BCUT2D eigenvalue weighted by Gasteiger charge is -2.45. The Morgan fingerprint density at radius 2 is 1.17 bits per heavy atom. The Bertz CT molecular complexity index is 1460. The summed E-state index contributed by atoms with van der Waals surface area (Å²) < 4.78 is 29.8. The van der Waals surface area contributed by atoms with E-state index in [0.29, 0.717) is 19.3 Å². The van der Waals surface area contributed by atoms with Crippen LogP contribution in [-0.2, 0) is 33.3 Å². The summed E-state index contributed by atoms with van der Waals surface area (Å²) in [5, 5.41) is 2.73. The number of benzene rings is 3. The van der Waals surface area contributed by atoms with Crippen molar-refractivity contribution >= 4 is 29.6 Å². The van der Waals surface area contributed by atoms with E-state index in [9.17, 15) is 24.0 Å². The molecule has 0 aromatic heterocycles. The van der Waals surface area contributed by atoms with Crippen LogP contribution in [0.2, 0.25) is 0 Å². The van der Waals surface area contributed by atoms with Crippen molar-refractivity contribution in [1.29, 1.82) is 0 Å². The van der Waals surface area contributed by atoms with Crippen LogP contribution in [0.4, 0.5) is 0 Å². The number of Topliss-reactive ketones (excluding diaryl/α,β-unsaturated/α-hetero) is 1. The number of carbonyl (C=O) groups excluding carboxylic acids is 5. The first-order valence-corrected chi connectivity index (χ1v) is 15.0. The number of carbonyl (C=O) groups is 5. The van der Waals surface area contributed by atoms with Gasteiger partial charge in [0.25, 0.3) is 0 Å². The van der Waals surface area contributed by atoms with E-state index in [4.69, 9.17) is 23.7 Å². The molecule has 11 nitrogen and oxygen atoms in total. The van der Waals surface area contributed by atoms with Crippen molar-refractivity contribution < 1.29 is 47.7 Å². The zero-order valence-electron chi connectivity index (χ0n) is 25.7. The molecule has 1 fully saturated rings. The predicted octanol–water partition coefficient (Wildman–Crippen LogP) is 4.30. The molecule has 4 rings (SSSR count). The molecule has 5 atom stereocenters. The van der Waals surface area contributed by atoms with Crippen LogP contribution in [0.25, 0.3) is 0 Å². The van der Waals surface area contributed by atoms with Crippen molar-refractivity contribution in [2.45, 2.75) is 63.8 Å². The molecule has 0 spiro atoms. The molecule has 1 heterocycles. The molecule has 0 aliphatic carbocycles. The number of amides is 1. The number of rotatable bonds is 14. The number of ether oxygens (including phenoxy) is 5. The summed E-state index contributed by atoms with van der Waals surface area (Å²) in [5.41, 5.74) is 0.727. The Hall–Kier alpha value is -4.87. The Balaban J connectivity index is 1.68. The summed E-state index contributed by atoms with van der Waals surface area (Å²) >= 11 is 0. The topological polar surface area (TPSA) is 144 Å². The minimum absolute atomic E-state index is 0.0429. The molecule has 3 aromatic rings. The normalized spacial score (nSPS) is 20.6. The molecular weight excluding hydrogens is 594 g/mol. The number of ketones is 1. The minimum Gasteiger partial charge on any atom is -0.459 e. The second-order valence-corrected chi connectivity index (χ2v) is 10.7. The second-order valence-electron chi connectivity index (χ2n) is 10.7. The highest BCUT2D eigenvalue weighted by molar-refractivity contribution is 5.91. The standard InChI is InChI=1S/C35H37NO10/c1-23(37)14-12-13-21-42-35-29(36-24(2)38)31(46-34(41)27-19-10-5-11-20-27)30(45-33(40)26-17-8-4-9-18-26)28(44-35)22-43-32(39)25-15-6-3-7-16-25/h3-11,15-20,28-31,35H,12-14,21-22H2,1-2H3,(H,36,38)/t28?,29?,30-,31+,35+/m0/s1. The highest BCUT2D eigenvalue weighted by Crippen LogP contribution is 2.29. The molecule has 46 heavy (non-hydrogen) atoms. The van der Waals surface area contributed by atoms with Gasteiger partial charge in [-0.3, -0.25) is 4.79 Å². The van der Waals surface area contributed by atoms with Crippen molar-refractivity contribution in [1.82, 2.24) is 5.32 Å². The van der Waals surface area contributed by atoms with Crippen molar-refractivity contribution in [3.63, 3.8) is 0 Å². The zero-order chi connectivity index (χ0) is 32.9. The first-order valence-electron chi connectivity index (χ1n) is 15.0. The number of nitrogens with one attached hydrogen (secondary N) is 1. The van der Waals surface area contributed by atoms with Crippen molar-refractivity contribution in [3.8, 4) is 0 Å². The van der Waals surface area contributed by atoms with Gasteiger partial charge in [-0.15, -0.1) is 0 Å². The molecule has 2 unspecified atom stereocenters. The molecule has 0 bridgehead atoms. The molecule has 1 N–H and O–H groups in total. The maximum Gasteiger partial charge on any atom is 0.338 e. The first-order chi connectivity index (χ1) is 22.2. The molecule has 1 amide bonds. The molecule has 11 heteroatoms. The van der Waals surface area contributed by atoms with Crippen molar-refractivity contribution in [3.05, 3.63) is 108 Å². The fourth-order valence-corrected chi connectivity index (χ4v) is 4.87. The van der Waals surface area contributed by atoms with Gasteiger partial charge in [0.1, 0.15) is 24.5 Å². The number of hydrogen-bond donors (Lipinski definition) is 1. The summed E-state index contributed by atoms with van der Waals surface area (Å²) in [7, 11) is 0. The lowest BCUT2D eigenvalue weighted by atomic mass is 9.95. The van der Waals surface area contributed by atoms with Gasteiger partial charge < -0.3 is 33.8 Å². The molecule has 242 valence electrons. The summed E-state index contributed by atoms with van der Waals surface area (Å²) in [5.74, 6) is -2.59. The van der Waals surface area contributed by atoms with Gasteiger partial charge in [-0.2, -0.15) is 0 Å². The summed E-state index contributed by atoms with van der Waals surface area (Å²) in [4.78, 5) is 63.5. The Morgan fingerprint density at radius 1 is 0.674 bits per heavy atom. The van der Waals surface area contributed by atoms with Gasteiger partial charge in [-0.05, 0) is 56.2 Å². The third-order valence-electron chi connectivity index (χ3n) is 7.11. The molecule has 0 saturated carbocycles. The van der Waals surface area contributed by atoms with Gasteiger partial charge in [-0.1, -0.05) is 54.6 Å². The van der Waals surface area contributed by atoms with Crippen LogP contribution < -0.4 is 5.32 Å². The molecule has 0 radical (unpaired) electrons. The van der Waals surface area contributed by atoms with E-state index in [-0.39, 0.29) is 29.1 Å². The van der Waals surface area contributed by atoms with Gasteiger partial charge in [0.15, 0.2) is 18.5 Å². The number of unbranched alkanes of at least 4 members (excludes halogenated alkanes) is 1. The van der Waals surface area contributed by atoms with Crippen LogP contribution in [-0.4, -0.2) is 73.5 Å². The highest BCUT2D eigenvalue weighted by atomic mass is 16.7. The highest BCUT2D eigenvalue weighted by Gasteiger charge is 2.52. The van der Waals surface area contributed by atoms with Crippen LogP contribution >= 0.6 is 0 Å². The Morgan fingerprint density at radius 3 is 1.67 bits per heavy atom. The quantitative estimate of drug-likeness (QED) is 0.155. The van der Waals surface area contributed by atoms with Crippen molar-refractivity contribution in [2.24, 2.45) is 0 Å². The predicted molar refractivity (Wildman–Crippen MR) is 165 cm³/mol. The van der Waals surface area contributed by atoms with Crippen LogP contribution in [0.5, 0.6) is 0 Å². The van der Waals surface area contributed by atoms with E-state index in [0.717, 1.165) is 0 Å².